The number of likely N-dealkylation sites (tertiary alicyclic amines) is 1. The second kappa shape index (κ2) is 6.70. The van der Waals surface area contributed by atoms with Crippen LogP contribution in [-0.2, 0) is 6.54 Å². The van der Waals surface area contributed by atoms with E-state index in [1.165, 1.54) is 6.07 Å². The van der Waals surface area contributed by atoms with Crippen LogP contribution in [0.25, 0.3) is 0 Å². The predicted molar refractivity (Wildman–Crippen MR) is 75.1 cm³/mol. The molecule has 0 bridgehead atoms. The van der Waals surface area contributed by atoms with Gasteiger partial charge in [-0.15, -0.1) is 0 Å². The maximum absolute atomic E-state index is 12.4. The molecule has 1 aromatic carbocycles. The van der Waals surface area contributed by atoms with E-state index >= 15 is 0 Å². The number of piperidine rings is 1. The molecule has 1 heterocycles. The topological polar surface area (TPSA) is 38.5 Å². The number of hydrogen-bond donors (Lipinski definition) is 1. The molecule has 2 unspecified atom stereocenters. The summed E-state index contributed by atoms with van der Waals surface area (Å²) in [6.07, 6.45) is 0.992. The Morgan fingerprint density at radius 2 is 2.20 bits per heavy atom. The molecule has 1 aliphatic rings. The third-order valence-corrected chi connectivity index (χ3v) is 3.64. The van der Waals surface area contributed by atoms with Crippen LogP contribution in [0.15, 0.2) is 18.2 Å². The summed E-state index contributed by atoms with van der Waals surface area (Å²) in [5.74, 6) is 0.675. The van der Waals surface area contributed by atoms with Crippen molar-refractivity contribution >= 4 is 11.6 Å². The van der Waals surface area contributed by atoms with Gasteiger partial charge in [0.05, 0.1) is 0 Å². The molecule has 0 spiro atoms. The molecule has 0 saturated carbocycles. The third-order valence-electron chi connectivity index (χ3n) is 3.40. The smallest absolute Gasteiger partial charge is 0.387 e. The van der Waals surface area contributed by atoms with E-state index in [-0.39, 0.29) is 11.8 Å². The van der Waals surface area contributed by atoms with Gasteiger partial charge < -0.3 is 10.5 Å². The molecule has 2 rings (SSSR count). The van der Waals surface area contributed by atoms with Crippen LogP contribution in [0.5, 0.6) is 5.75 Å². The maximum atomic E-state index is 12.4. The molecule has 0 aliphatic carbocycles. The summed E-state index contributed by atoms with van der Waals surface area (Å²) in [5, 5.41) is 0.510. The third kappa shape index (κ3) is 4.30. The average molecular weight is 305 g/mol. The fourth-order valence-electron chi connectivity index (χ4n) is 2.77. The van der Waals surface area contributed by atoms with E-state index in [0.29, 0.717) is 23.0 Å². The molecular formula is C14H19ClF2N2O. The fraction of sp³-hybridized carbons (Fsp3) is 0.571. The molecule has 2 atom stereocenters. The summed E-state index contributed by atoms with van der Waals surface area (Å²) in [5.41, 5.74) is 6.66. The first kappa shape index (κ1) is 15.5. The van der Waals surface area contributed by atoms with Gasteiger partial charge in [0.1, 0.15) is 5.75 Å². The van der Waals surface area contributed by atoms with E-state index in [1.54, 1.807) is 12.1 Å². The minimum absolute atomic E-state index is 0.123. The van der Waals surface area contributed by atoms with E-state index in [4.69, 9.17) is 17.3 Å². The van der Waals surface area contributed by atoms with E-state index in [0.717, 1.165) is 19.5 Å². The van der Waals surface area contributed by atoms with Crippen LogP contribution in [0.1, 0.15) is 18.9 Å². The first-order valence-corrected chi connectivity index (χ1v) is 7.03. The van der Waals surface area contributed by atoms with Gasteiger partial charge in [-0.25, -0.2) is 0 Å². The molecule has 0 radical (unpaired) electrons. The van der Waals surface area contributed by atoms with Gasteiger partial charge in [-0.3, -0.25) is 4.90 Å². The summed E-state index contributed by atoms with van der Waals surface area (Å²) < 4.78 is 29.4. The lowest BCUT2D eigenvalue weighted by molar-refractivity contribution is -0.0508. The monoisotopic (exact) mass is 304 g/mol. The molecular weight excluding hydrogens is 286 g/mol. The van der Waals surface area contributed by atoms with Gasteiger partial charge in [-0.2, -0.15) is 8.78 Å². The Morgan fingerprint density at radius 3 is 2.85 bits per heavy atom. The molecule has 3 nitrogen and oxygen atoms in total. The highest BCUT2D eigenvalue weighted by molar-refractivity contribution is 6.30. The first-order chi connectivity index (χ1) is 9.44. The lowest BCUT2D eigenvalue weighted by Crippen LogP contribution is -2.45. The zero-order chi connectivity index (χ0) is 14.7. The molecule has 1 fully saturated rings. The van der Waals surface area contributed by atoms with Crippen LogP contribution < -0.4 is 10.5 Å². The van der Waals surface area contributed by atoms with Crippen LogP contribution in [0, 0.1) is 5.92 Å². The second-order valence-corrected chi connectivity index (χ2v) is 5.86. The van der Waals surface area contributed by atoms with Crippen LogP contribution >= 0.6 is 11.6 Å². The highest BCUT2D eigenvalue weighted by Crippen LogP contribution is 2.27. The van der Waals surface area contributed by atoms with Crippen molar-refractivity contribution in [2.75, 3.05) is 13.1 Å². The van der Waals surface area contributed by atoms with Crippen LogP contribution in [-0.4, -0.2) is 30.6 Å². The van der Waals surface area contributed by atoms with Gasteiger partial charge in [-0.1, -0.05) is 18.5 Å². The average Bonchev–Trinajstić information content (AvgIpc) is 2.31. The molecule has 0 amide bonds. The van der Waals surface area contributed by atoms with Crippen molar-refractivity contribution in [1.29, 1.82) is 0 Å². The largest absolute Gasteiger partial charge is 0.434 e. The number of rotatable bonds is 4. The Kier molecular flexibility index (Phi) is 5.18. The number of nitrogens with two attached hydrogens (primary N) is 1. The second-order valence-electron chi connectivity index (χ2n) is 5.43. The Hall–Kier alpha value is -0.910. The number of benzene rings is 1. The standard InChI is InChI=1S/C14H19ClF2N2O/c1-9-4-12(18)8-19(6-9)7-10-5-11(15)2-3-13(10)20-14(16)17/h2-3,5,9,12,14H,4,6-8,18H2,1H3. The lowest BCUT2D eigenvalue weighted by Gasteiger charge is -2.35. The molecule has 1 saturated heterocycles. The SMILES string of the molecule is CC1CC(N)CN(Cc2cc(Cl)ccc2OC(F)F)C1. The summed E-state index contributed by atoms with van der Waals surface area (Å²) in [6, 6.07) is 4.83. The van der Waals surface area contributed by atoms with Crippen molar-refractivity contribution in [2.24, 2.45) is 11.7 Å². The Morgan fingerprint density at radius 1 is 1.45 bits per heavy atom. The number of nitrogens with zero attached hydrogens (tertiary/aromatic N) is 1. The van der Waals surface area contributed by atoms with Gasteiger partial charge in [0.2, 0.25) is 0 Å². The minimum Gasteiger partial charge on any atom is -0.434 e. The molecule has 1 aliphatic heterocycles. The molecule has 112 valence electrons. The number of halogens is 3. The number of alkyl halides is 2. The fourth-order valence-corrected chi connectivity index (χ4v) is 2.96. The summed E-state index contributed by atoms with van der Waals surface area (Å²) in [4.78, 5) is 2.16. The Balaban J connectivity index is 2.12. The molecule has 20 heavy (non-hydrogen) atoms. The zero-order valence-corrected chi connectivity index (χ0v) is 12.1. The van der Waals surface area contributed by atoms with Crippen LogP contribution in [0.2, 0.25) is 5.02 Å². The van der Waals surface area contributed by atoms with Crippen molar-refractivity contribution in [3.63, 3.8) is 0 Å². The number of hydrogen-bond acceptors (Lipinski definition) is 3. The normalized spacial score (nSPS) is 24.1. The van der Waals surface area contributed by atoms with E-state index in [1.807, 2.05) is 0 Å². The minimum atomic E-state index is -2.84. The van der Waals surface area contributed by atoms with Crippen molar-refractivity contribution in [3.05, 3.63) is 28.8 Å². The van der Waals surface area contributed by atoms with E-state index in [2.05, 4.69) is 16.6 Å². The van der Waals surface area contributed by atoms with Gasteiger partial charge in [0, 0.05) is 36.3 Å². The number of ether oxygens (including phenoxy) is 1. The molecule has 2 N–H and O–H groups in total. The lowest BCUT2D eigenvalue weighted by atomic mass is 9.96. The molecule has 6 heteroatoms. The van der Waals surface area contributed by atoms with E-state index in [9.17, 15) is 8.78 Å². The maximum Gasteiger partial charge on any atom is 0.387 e. The van der Waals surface area contributed by atoms with Crippen molar-refractivity contribution < 1.29 is 13.5 Å². The Labute approximate surface area is 122 Å². The van der Waals surface area contributed by atoms with Crippen LogP contribution in [0.3, 0.4) is 0 Å². The quantitative estimate of drug-likeness (QED) is 0.929. The Bertz CT molecular complexity index is 449. The summed E-state index contributed by atoms with van der Waals surface area (Å²) >= 11 is 5.94. The van der Waals surface area contributed by atoms with Gasteiger partial charge in [-0.05, 0) is 30.5 Å². The first-order valence-electron chi connectivity index (χ1n) is 6.65. The molecule has 0 aromatic heterocycles. The van der Waals surface area contributed by atoms with Crippen LogP contribution in [0.4, 0.5) is 8.78 Å². The van der Waals surface area contributed by atoms with E-state index < -0.39 is 6.61 Å². The van der Waals surface area contributed by atoms with Crippen molar-refractivity contribution in [1.82, 2.24) is 4.90 Å². The van der Waals surface area contributed by atoms with Gasteiger partial charge in [0.15, 0.2) is 0 Å². The van der Waals surface area contributed by atoms with Crippen molar-refractivity contribution in [3.8, 4) is 5.75 Å². The highest BCUT2D eigenvalue weighted by atomic mass is 35.5. The van der Waals surface area contributed by atoms with Crippen molar-refractivity contribution in [2.45, 2.75) is 32.5 Å². The summed E-state index contributed by atoms with van der Waals surface area (Å²) in [6.45, 7) is 1.47. The molecule has 1 aromatic rings. The zero-order valence-electron chi connectivity index (χ0n) is 11.4. The summed E-state index contributed by atoms with van der Waals surface area (Å²) in [7, 11) is 0. The predicted octanol–water partition coefficient (Wildman–Crippen LogP) is 3.11. The van der Waals surface area contributed by atoms with Gasteiger partial charge >= 0.3 is 6.61 Å². The van der Waals surface area contributed by atoms with Gasteiger partial charge in [0.25, 0.3) is 0 Å². The highest BCUT2D eigenvalue weighted by Gasteiger charge is 2.23.